The summed E-state index contributed by atoms with van der Waals surface area (Å²) >= 11 is 0. The number of aryl methyl sites for hydroxylation is 2. The molecule has 0 aliphatic rings. The molecular weight excluding hydrogens is 224 g/mol. The summed E-state index contributed by atoms with van der Waals surface area (Å²) in [6.07, 6.45) is 2.12. The van der Waals surface area contributed by atoms with Gasteiger partial charge in [-0.3, -0.25) is 0 Å². The van der Waals surface area contributed by atoms with Crippen molar-refractivity contribution in [1.29, 1.82) is 0 Å². The van der Waals surface area contributed by atoms with Gasteiger partial charge in [0.2, 0.25) is 0 Å². The van der Waals surface area contributed by atoms with Gasteiger partial charge in [0.25, 0.3) is 0 Å². The van der Waals surface area contributed by atoms with Crippen molar-refractivity contribution in [3.05, 3.63) is 42.0 Å². The molecule has 3 N–H and O–H groups in total. The van der Waals surface area contributed by atoms with E-state index in [1.54, 1.807) is 0 Å². The topological polar surface area (TPSA) is 59.6 Å². The van der Waals surface area contributed by atoms with Gasteiger partial charge in [-0.2, -0.15) is 0 Å². The largest absolute Gasteiger partial charge is 0.350 e. The normalized spacial score (nSPS) is 11.3. The first kappa shape index (κ1) is 11.0. The molecule has 3 rings (SSSR count). The molecule has 0 atom stereocenters. The maximum absolute atomic E-state index is 5.63. The van der Waals surface area contributed by atoms with E-state index in [2.05, 4.69) is 52.0 Å². The molecular formula is C14H16N4. The first-order valence-electron chi connectivity index (χ1n) is 6.00. The summed E-state index contributed by atoms with van der Waals surface area (Å²) in [6.45, 7) is 2.47. The average molecular weight is 240 g/mol. The Morgan fingerprint density at radius 3 is 2.83 bits per heavy atom. The average Bonchev–Trinajstić information content (AvgIpc) is 2.91. The first-order chi connectivity index (χ1) is 8.70. The predicted octanol–water partition coefficient (Wildman–Crippen LogP) is 2.34. The number of hydrogen-bond donors (Lipinski definition) is 2. The van der Waals surface area contributed by atoms with Crippen molar-refractivity contribution in [3.8, 4) is 11.3 Å². The van der Waals surface area contributed by atoms with Crippen molar-refractivity contribution in [1.82, 2.24) is 14.5 Å². The van der Waals surface area contributed by atoms with E-state index in [1.807, 2.05) is 6.92 Å². The number of para-hydroxylation sites is 1. The fourth-order valence-corrected chi connectivity index (χ4v) is 2.41. The lowest BCUT2D eigenvalue weighted by atomic mass is 10.1. The maximum Gasteiger partial charge on any atom is 0.120 e. The Morgan fingerprint density at radius 2 is 2.11 bits per heavy atom. The zero-order chi connectivity index (χ0) is 12.7. The number of rotatable bonds is 2. The molecule has 0 unspecified atom stereocenters. The summed E-state index contributed by atoms with van der Waals surface area (Å²) in [5, 5.41) is 1.22. The molecule has 4 heteroatoms. The molecule has 0 aliphatic heterocycles. The third-order valence-electron chi connectivity index (χ3n) is 3.28. The minimum absolute atomic E-state index is 0.436. The lowest BCUT2D eigenvalue weighted by Crippen LogP contribution is -1.97. The standard InChI is InChI=1S/C14H16N4/c1-9-14(17-13(7-15)16-9)11-8-18(2)12-6-4-3-5-10(11)12/h3-6,8H,7,15H2,1-2H3,(H,16,17). The number of nitrogens with zero attached hydrogens (tertiary/aromatic N) is 2. The molecule has 1 aromatic carbocycles. The summed E-state index contributed by atoms with van der Waals surface area (Å²) in [6, 6.07) is 8.35. The Hall–Kier alpha value is -2.07. The van der Waals surface area contributed by atoms with Gasteiger partial charge >= 0.3 is 0 Å². The van der Waals surface area contributed by atoms with Crippen LogP contribution in [-0.2, 0) is 13.6 Å². The third-order valence-corrected chi connectivity index (χ3v) is 3.28. The molecule has 0 aliphatic carbocycles. The molecule has 4 nitrogen and oxygen atoms in total. The van der Waals surface area contributed by atoms with Gasteiger partial charge in [0, 0.05) is 35.4 Å². The summed E-state index contributed by atoms with van der Waals surface area (Å²) < 4.78 is 2.13. The number of benzene rings is 1. The second kappa shape index (κ2) is 3.99. The highest BCUT2D eigenvalue weighted by Gasteiger charge is 2.13. The van der Waals surface area contributed by atoms with Crippen molar-refractivity contribution in [2.24, 2.45) is 12.8 Å². The third kappa shape index (κ3) is 1.54. The van der Waals surface area contributed by atoms with Crippen LogP contribution in [0.3, 0.4) is 0 Å². The van der Waals surface area contributed by atoms with Gasteiger partial charge in [-0.05, 0) is 13.0 Å². The Bertz CT molecular complexity index is 706. The molecule has 0 fully saturated rings. The smallest absolute Gasteiger partial charge is 0.120 e. The summed E-state index contributed by atoms with van der Waals surface area (Å²) in [5.74, 6) is 0.829. The van der Waals surface area contributed by atoms with Crippen molar-refractivity contribution in [2.45, 2.75) is 13.5 Å². The number of nitrogens with one attached hydrogen (secondary N) is 1. The number of H-pyrrole nitrogens is 1. The minimum Gasteiger partial charge on any atom is -0.350 e. The SMILES string of the molecule is Cc1[nH]c(CN)nc1-c1cn(C)c2ccccc12. The van der Waals surface area contributed by atoms with Crippen molar-refractivity contribution < 1.29 is 0 Å². The van der Waals surface area contributed by atoms with Crippen molar-refractivity contribution in [2.75, 3.05) is 0 Å². The highest BCUT2D eigenvalue weighted by molar-refractivity contribution is 5.95. The summed E-state index contributed by atoms with van der Waals surface area (Å²) in [4.78, 5) is 7.79. The van der Waals surface area contributed by atoms with E-state index >= 15 is 0 Å². The van der Waals surface area contributed by atoms with Crippen LogP contribution in [0.5, 0.6) is 0 Å². The monoisotopic (exact) mass is 240 g/mol. The molecule has 92 valence electrons. The minimum atomic E-state index is 0.436. The molecule has 0 saturated heterocycles. The Morgan fingerprint density at radius 1 is 1.33 bits per heavy atom. The number of aromatic amines is 1. The van der Waals surface area contributed by atoms with E-state index < -0.39 is 0 Å². The second-order valence-corrected chi connectivity index (χ2v) is 4.53. The molecule has 0 spiro atoms. The molecule has 3 aromatic rings. The van der Waals surface area contributed by atoms with Gasteiger partial charge < -0.3 is 15.3 Å². The van der Waals surface area contributed by atoms with E-state index in [9.17, 15) is 0 Å². The van der Waals surface area contributed by atoms with Crippen LogP contribution in [-0.4, -0.2) is 14.5 Å². The first-order valence-corrected chi connectivity index (χ1v) is 6.00. The van der Waals surface area contributed by atoms with E-state index in [1.165, 1.54) is 10.9 Å². The van der Waals surface area contributed by atoms with E-state index in [-0.39, 0.29) is 0 Å². The number of fused-ring (bicyclic) bond motifs is 1. The number of hydrogen-bond acceptors (Lipinski definition) is 2. The van der Waals surface area contributed by atoms with Crippen molar-refractivity contribution in [3.63, 3.8) is 0 Å². The van der Waals surface area contributed by atoms with Crippen LogP contribution in [0.25, 0.3) is 22.2 Å². The van der Waals surface area contributed by atoms with Crippen molar-refractivity contribution >= 4 is 10.9 Å². The van der Waals surface area contributed by atoms with Crippen LogP contribution in [0, 0.1) is 6.92 Å². The fourth-order valence-electron chi connectivity index (χ4n) is 2.41. The van der Waals surface area contributed by atoms with Gasteiger partial charge in [0.15, 0.2) is 0 Å². The van der Waals surface area contributed by atoms with Gasteiger partial charge in [0.1, 0.15) is 5.82 Å². The zero-order valence-electron chi connectivity index (χ0n) is 10.6. The molecule has 0 radical (unpaired) electrons. The molecule has 0 amide bonds. The fraction of sp³-hybridized carbons (Fsp3) is 0.214. The molecule has 0 bridgehead atoms. The lowest BCUT2D eigenvalue weighted by molar-refractivity contribution is 0.944. The van der Waals surface area contributed by atoms with Crippen LogP contribution in [0.4, 0.5) is 0 Å². The van der Waals surface area contributed by atoms with Crippen LogP contribution in [0.15, 0.2) is 30.5 Å². The Balaban J connectivity index is 2.28. The molecule has 2 heterocycles. The Labute approximate surface area is 105 Å². The van der Waals surface area contributed by atoms with Gasteiger partial charge in [-0.15, -0.1) is 0 Å². The van der Waals surface area contributed by atoms with Gasteiger partial charge in [-0.25, -0.2) is 4.98 Å². The lowest BCUT2D eigenvalue weighted by Gasteiger charge is -1.95. The van der Waals surface area contributed by atoms with Gasteiger partial charge in [-0.1, -0.05) is 18.2 Å². The van der Waals surface area contributed by atoms with Crippen LogP contribution < -0.4 is 5.73 Å². The van der Waals surface area contributed by atoms with Crippen LogP contribution in [0.1, 0.15) is 11.5 Å². The van der Waals surface area contributed by atoms with E-state index in [0.717, 1.165) is 22.8 Å². The zero-order valence-corrected chi connectivity index (χ0v) is 10.6. The van der Waals surface area contributed by atoms with E-state index in [4.69, 9.17) is 5.73 Å². The molecule has 18 heavy (non-hydrogen) atoms. The van der Waals surface area contributed by atoms with E-state index in [0.29, 0.717) is 6.54 Å². The highest BCUT2D eigenvalue weighted by Crippen LogP contribution is 2.30. The van der Waals surface area contributed by atoms with Gasteiger partial charge in [0.05, 0.1) is 12.2 Å². The number of nitrogens with two attached hydrogens (primary N) is 1. The quantitative estimate of drug-likeness (QED) is 0.722. The second-order valence-electron chi connectivity index (χ2n) is 4.53. The van der Waals surface area contributed by atoms with Crippen LogP contribution in [0.2, 0.25) is 0 Å². The number of imidazole rings is 1. The summed E-state index contributed by atoms with van der Waals surface area (Å²) in [5.41, 5.74) is 10.1. The maximum atomic E-state index is 5.63. The Kier molecular flexibility index (Phi) is 2.45. The predicted molar refractivity (Wildman–Crippen MR) is 73.1 cm³/mol. The number of aromatic nitrogens is 3. The van der Waals surface area contributed by atoms with Crippen LogP contribution >= 0.6 is 0 Å². The molecule has 0 saturated carbocycles. The molecule has 2 aromatic heterocycles. The summed E-state index contributed by atoms with van der Waals surface area (Å²) in [7, 11) is 2.05. The highest BCUT2D eigenvalue weighted by atomic mass is 15.0.